The van der Waals surface area contributed by atoms with E-state index in [0.717, 1.165) is 18.7 Å². The maximum atomic E-state index is 5.46. The third-order valence-corrected chi connectivity index (χ3v) is 2.15. The number of aromatic nitrogens is 3. The van der Waals surface area contributed by atoms with Crippen LogP contribution in [0.3, 0.4) is 0 Å². The SMILES string of the molecule is CC(C)(C)CCC(NN)c1ncn[nH]1. The fraction of sp³-hybridized carbons (Fsp3) is 0.778. The van der Waals surface area contributed by atoms with Crippen LogP contribution in [0.4, 0.5) is 0 Å². The third kappa shape index (κ3) is 3.43. The van der Waals surface area contributed by atoms with Gasteiger partial charge in [-0.25, -0.2) is 10.4 Å². The second-order valence-corrected chi connectivity index (χ2v) is 4.69. The average Bonchev–Trinajstić information content (AvgIpc) is 2.56. The highest BCUT2D eigenvalue weighted by Crippen LogP contribution is 2.25. The van der Waals surface area contributed by atoms with E-state index in [0.29, 0.717) is 5.41 Å². The summed E-state index contributed by atoms with van der Waals surface area (Å²) in [5.41, 5.74) is 3.06. The van der Waals surface area contributed by atoms with E-state index < -0.39 is 0 Å². The molecule has 0 amide bonds. The van der Waals surface area contributed by atoms with Crippen molar-refractivity contribution in [1.82, 2.24) is 20.6 Å². The van der Waals surface area contributed by atoms with E-state index in [1.165, 1.54) is 6.33 Å². The minimum atomic E-state index is 0.0664. The average molecular weight is 197 g/mol. The molecule has 0 aliphatic rings. The van der Waals surface area contributed by atoms with Crippen LogP contribution in [0.5, 0.6) is 0 Å². The first-order valence-electron chi connectivity index (χ1n) is 4.84. The monoisotopic (exact) mass is 197 g/mol. The van der Waals surface area contributed by atoms with Crippen LogP contribution in [-0.2, 0) is 0 Å². The van der Waals surface area contributed by atoms with Crippen molar-refractivity contribution in [2.24, 2.45) is 11.3 Å². The van der Waals surface area contributed by atoms with Gasteiger partial charge in [-0.2, -0.15) is 5.10 Å². The van der Waals surface area contributed by atoms with E-state index in [1.807, 2.05) is 0 Å². The summed E-state index contributed by atoms with van der Waals surface area (Å²) < 4.78 is 0. The Labute approximate surface area is 84.5 Å². The number of H-pyrrole nitrogens is 1. The molecule has 0 bridgehead atoms. The van der Waals surface area contributed by atoms with E-state index in [1.54, 1.807) is 0 Å². The van der Waals surface area contributed by atoms with Gasteiger partial charge in [0.05, 0.1) is 6.04 Å². The van der Waals surface area contributed by atoms with Crippen molar-refractivity contribution >= 4 is 0 Å². The van der Waals surface area contributed by atoms with Gasteiger partial charge in [-0.05, 0) is 18.3 Å². The predicted molar refractivity (Wildman–Crippen MR) is 55.1 cm³/mol. The number of hydrogen-bond donors (Lipinski definition) is 3. The Morgan fingerprint density at radius 2 is 2.29 bits per heavy atom. The lowest BCUT2D eigenvalue weighted by Gasteiger charge is -2.21. The van der Waals surface area contributed by atoms with Crippen LogP contribution >= 0.6 is 0 Å². The van der Waals surface area contributed by atoms with Crippen LogP contribution in [0.25, 0.3) is 0 Å². The van der Waals surface area contributed by atoms with Crippen LogP contribution in [0, 0.1) is 5.41 Å². The van der Waals surface area contributed by atoms with Crippen molar-refractivity contribution in [2.75, 3.05) is 0 Å². The maximum absolute atomic E-state index is 5.46. The molecule has 0 fully saturated rings. The summed E-state index contributed by atoms with van der Waals surface area (Å²) in [5, 5.41) is 6.62. The maximum Gasteiger partial charge on any atom is 0.142 e. The van der Waals surface area contributed by atoms with Gasteiger partial charge < -0.3 is 0 Å². The molecule has 0 spiro atoms. The molecule has 0 saturated heterocycles. The molecule has 1 unspecified atom stereocenters. The van der Waals surface area contributed by atoms with Gasteiger partial charge in [0.25, 0.3) is 0 Å². The van der Waals surface area contributed by atoms with Gasteiger partial charge in [0, 0.05) is 0 Å². The lowest BCUT2D eigenvalue weighted by Crippen LogP contribution is -2.29. The Balaban J connectivity index is 2.49. The van der Waals surface area contributed by atoms with Crippen molar-refractivity contribution in [3.63, 3.8) is 0 Å². The van der Waals surface area contributed by atoms with E-state index >= 15 is 0 Å². The highest BCUT2D eigenvalue weighted by molar-refractivity contribution is 4.90. The fourth-order valence-corrected chi connectivity index (χ4v) is 1.26. The van der Waals surface area contributed by atoms with E-state index in [2.05, 4.69) is 41.4 Å². The molecule has 1 aromatic rings. The van der Waals surface area contributed by atoms with Crippen LogP contribution in [0.1, 0.15) is 45.5 Å². The van der Waals surface area contributed by atoms with Gasteiger partial charge in [-0.15, -0.1) is 0 Å². The molecule has 1 atom stereocenters. The number of hydrogen-bond acceptors (Lipinski definition) is 4. The number of aromatic amines is 1. The first-order chi connectivity index (χ1) is 6.53. The lowest BCUT2D eigenvalue weighted by atomic mass is 9.89. The molecule has 0 radical (unpaired) electrons. The highest BCUT2D eigenvalue weighted by Gasteiger charge is 2.17. The largest absolute Gasteiger partial charge is 0.271 e. The molecule has 1 heterocycles. The smallest absolute Gasteiger partial charge is 0.142 e. The standard InChI is InChI=1S/C9H19N5/c1-9(2,3)5-4-7(13-10)8-11-6-12-14-8/h6-7,13H,4-5,10H2,1-3H3,(H,11,12,14). The highest BCUT2D eigenvalue weighted by atomic mass is 15.3. The first-order valence-corrected chi connectivity index (χ1v) is 4.84. The number of rotatable bonds is 4. The molecule has 14 heavy (non-hydrogen) atoms. The van der Waals surface area contributed by atoms with E-state index in [-0.39, 0.29) is 6.04 Å². The summed E-state index contributed by atoms with van der Waals surface area (Å²) in [6.07, 6.45) is 3.54. The van der Waals surface area contributed by atoms with Gasteiger partial charge in [-0.1, -0.05) is 20.8 Å². The Kier molecular flexibility index (Phi) is 3.60. The van der Waals surface area contributed by atoms with Gasteiger partial charge in [0.2, 0.25) is 0 Å². The minimum Gasteiger partial charge on any atom is -0.271 e. The topological polar surface area (TPSA) is 79.6 Å². The normalized spacial score (nSPS) is 14.3. The number of nitrogens with one attached hydrogen (secondary N) is 2. The molecule has 0 aromatic carbocycles. The van der Waals surface area contributed by atoms with E-state index in [9.17, 15) is 0 Å². The van der Waals surface area contributed by atoms with Crippen LogP contribution in [0.2, 0.25) is 0 Å². The van der Waals surface area contributed by atoms with E-state index in [4.69, 9.17) is 5.84 Å². The molecule has 0 aliphatic carbocycles. The summed E-state index contributed by atoms with van der Waals surface area (Å²) in [4.78, 5) is 4.08. The summed E-state index contributed by atoms with van der Waals surface area (Å²) >= 11 is 0. The van der Waals surface area contributed by atoms with Crippen molar-refractivity contribution in [3.05, 3.63) is 12.2 Å². The van der Waals surface area contributed by atoms with Crippen molar-refractivity contribution < 1.29 is 0 Å². The zero-order valence-corrected chi connectivity index (χ0v) is 9.04. The summed E-state index contributed by atoms with van der Waals surface area (Å²) in [6, 6.07) is 0.0664. The molecule has 1 aromatic heterocycles. The molecule has 0 aliphatic heterocycles. The summed E-state index contributed by atoms with van der Waals surface area (Å²) in [5.74, 6) is 6.26. The lowest BCUT2D eigenvalue weighted by molar-refractivity contribution is 0.329. The van der Waals surface area contributed by atoms with Crippen LogP contribution < -0.4 is 11.3 Å². The molecule has 5 nitrogen and oxygen atoms in total. The molecule has 1 rings (SSSR count). The summed E-state index contributed by atoms with van der Waals surface area (Å²) in [7, 11) is 0. The van der Waals surface area contributed by atoms with Crippen LogP contribution in [0.15, 0.2) is 6.33 Å². The Bertz CT molecular complexity index is 249. The molecule has 0 saturated carbocycles. The number of hydrazine groups is 1. The fourth-order valence-electron chi connectivity index (χ4n) is 1.26. The number of nitrogens with two attached hydrogens (primary N) is 1. The van der Waals surface area contributed by atoms with Crippen molar-refractivity contribution in [1.29, 1.82) is 0 Å². The third-order valence-electron chi connectivity index (χ3n) is 2.15. The Hall–Kier alpha value is -0.940. The molecular weight excluding hydrogens is 178 g/mol. The molecule has 4 N–H and O–H groups in total. The first kappa shape index (κ1) is 11.1. The van der Waals surface area contributed by atoms with Gasteiger partial charge in [0.15, 0.2) is 0 Å². The Morgan fingerprint density at radius 3 is 2.71 bits per heavy atom. The quantitative estimate of drug-likeness (QED) is 0.499. The van der Waals surface area contributed by atoms with Crippen molar-refractivity contribution in [3.8, 4) is 0 Å². The number of nitrogens with zero attached hydrogens (tertiary/aromatic N) is 2. The zero-order chi connectivity index (χ0) is 10.6. The van der Waals surface area contributed by atoms with Gasteiger partial charge in [-0.3, -0.25) is 10.9 Å². The minimum absolute atomic E-state index is 0.0664. The van der Waals surface area contributed by atoms with Gasteiger partial charge >= 0.3 is 0 Å². The molecular formula is C9H19N5. The van der Waals surface area contributed by atoms with Crippen molar-refractivity contribution in [2.45, 2.75) is 39.7 Å². The summed E-state index contributed by atoms with van der Waals surface area (Å²) in [6.45, 7) is 6.63. The molecule has 5 heteroatoms. The van der Waals surface area contributed by atoms with Crippen LogP contribution in [-0.4, -0.2) is 15.2 Å². The second kappa shape index (κ2) is 4.52. The van der Waals surface area contributed by atoms with Gasteiger partial charge in [0.1, 0.15) is 12.2 Å². The Morgan fingerprint density at radius 1 is 1.57 bits per heavy atom. The molecule has 80 valence electrons. The second-order valence-electron chi connectivity index (χ2n) is 4.69. The zero-order valence-electron chi connectivity index (χ0n) is 9.04. The predicted octanol–water partition coefficient (Wildman–Crippen LogP) is 1.14.